The highest BCUT2D eigenvalue weighted by molar-refractivity contribution is 6.17. The van der Waals surface area contributed by atoms with Crippen molar-refractivity contribution < 1.29 is 31.9 Å². The number of hydrogen-bond acceptors (Lipinski definition) is 2. The van der Waals surface area contributed by atoms with Crippen LogP contribution in [0.3, 0.4) is 0 Å². The lowest BCUT2D eigenvalue weighted by molar-refractivity contribution is -0.138. The number of halogens is 6. The van der Waals surface area contributed by atoms with Crippen LogP contribution in [0.25, 0.3) is 0 Å². The number of aromatic nitrogens is 1. The summed E-state index contributed by atoms with van der Waals surface area (Å²) in [4.78, 5) is 13.6. The molecule has 1 aromatic heterocycles. The Hall–Kier alpha value is -1.44. The molecule has 9 heteroatoms. The Morgan fingerprint density at radius 3 is 2.33 bits per heavy atom. The fraction of sp³-hybridized carbons (Fsp3) is 0.333. The number of hydrogen-bond donors (Lipinski definition) is 1. The molecule has 0 spiro atoms. The molecule has 0 aliphatic rings. The third-order valence-electron chi connectivity index (χ3n) is 2.00. The smallest absolute Gasteiger partial charge is 0.418 e. The Bertz CT molecular complexity index is 475. The zero-order valence-corrected chi connectivity index (χ0v) is 9.19. The van der Waals surface area contributed by atoms with E-state index in [4.69, 9.17) is 16.7 Å². The van der Waals surface area contributed by atoms with Gasteiger partial charge in [-0.25, -0.2) is 18.6 Å². The summed E-state index contributed by atoms with van der Waals surface area (Å²) < 4.78 is 62.6. The fourth-order valence-corrected chi connectivity index (χ4v) is 1.46. The lowest BCUT2D eigenvalue weighted by atomic mass is 10.1. The minimum Gasteiger partial charge on any atom is -0.478 e. The molecule has 1 heterocycles. The number of rotatable bonds is 3. The monoisotopic (exact) mass is 289 g/mol. The van der Waals surface area contributed by atoms with Crippen LogP contribution < -0.4 is 0 Å². The third kappa shape index (κ3) is 2.87. The van der Waals surface area contributed by atoms with Gasteiger partial charge >= 0.3 is 12.1 Å². The quantitative estimate of drug-likeness (QED) is 0.684. The first-order valence-electron chi connectivity index (χ1n) is 4.37. The Balaban J connectivity index is 3.57. The first-order valence-corrected chi connectivity index (χ1v) is 4.90. The highest BCUT2D eigenvalue weighted by Crippen LogP contribution is 2.35. The van der Waals surface area contributed by atoms with E-state index in [2.05, 4.69) is 4.98 Å². The topological polar surface area (TPSA) is 50.2 Å². The van der Waals surface area contributed by atoms with E-state index >= 15 is 0 Å². The van der Waals surface area contributed by atoms with Crippen LogP contribution >= 0.6 is 11.6 Å². The maximum atomic E-state index is 12.5. The van der Waals surface area contributed by atoms with Crippen molar-refractivity contribution in [2.24, 2.45) is 0 Å². The minimum atomic E-state index is -4.91. The molecule has 0 saturated heterocycles. The van der Waals surface area contributed by atoms with Crippen LogP contribution in [0.15, 0.2) is 6.07 Å². The molecule has 0 aliphatic carbocycles. The predicted octanol–water partition coefficient (Wildman–Crippen LogP) is 3.48. The molecule has 0 saturated carbocycles. The lowest BCUT2D eigenvalue weighted by Gasteiger charge is -2.14. The lowest BCUT2D eigenvalue weighted by Crippen LogP contribution is -2.16. The number of carbonyl (C=O) groups is 1. The second kappa shape index (κ2) is 5.05. The number of carboxylic acid groups (broad SMARTS) is 1. The zero-order chi connectivity index (χ0) is 14.1. The van der Waals surface area contributed by atoms with Gasteiger partial charge in [0.05, 0.1) is 22.7 Å². The van der Waals surface area contributed by atoms with Gasteiger partial charge in [-0.2, -0.15) is 13.2 Å². The summed E-state index contributed by atoms with van der Waals surface area (Å²) in [6.07, 6.45) is -8.22. The molecule has 0 amide bonds. The van der Waals surface area contributed by atoms with Crippen molar-refractivity contribution in [3.63, 3.8) is 0 Å². The van der Waals surface area contributed by atoms with Gasteiger partial charge in [-0.3, -0.25) is 0 Å². The average Bonchev–Trinajstić information content (AvgIpc) is 2.25. The standard InChI is InChI=1S/C9H5ClF5NO2/c10-2-5-4(9(13,14)15)1-3(8(17)18)6(16-5)7(11)12/h1,7H,2H2,(H,17,18). The van der Waals surface area contributed by atoms with E-state index in [1.807, 2.05) is 0 Å². The SMILES string of the molecule is O=C(O)c1cc(C(F)(F)F)c(CCl)nc1C(F)F. The molecule has 1 aromatic rings. The van der Waals surface area contributed by atoms with Crippen molar-refractivity contribution >= 4 is 17.6 Å². The van der Waals surface area contributed by atoms with Crippen molar-refractivity contribution in [3.8, 4) is 0 Å². The maximum absolute atomic E-state index is 12.5. The Kier molecular flexibility index (Phi) is 4.10. The summed E-state index contributed by atoms with van der Waals surface area (Å²) in [5.74, 6) is -2.67. The normalized spacial score (nSPS) is 11.9. The number of pyridine rings is 1. The molecule has 0 unspecified atom stereocenters. The molecule has 18 heavy (non-hydrogen) atoms. The van der Waals surface area contributed by atoms with Gasteiger partial charge in [-0.1, -0.05) is 0 Å². The average molecular weight is 290 g/mol. The van der Waals surface area contributed by atoms with Crippen molar-refractivity contribution in [1.82, 2.24) is 4.98 Å². The van der Waals surface area contributed by atoms with Gasteiger partial charge < -0.3 is 5.11 Å². The van der Waals surface area contributed by atoms with Crippen molar-refractivity contribution in [3.05, 3.63) is 28.6 Å². The molecular weight excluding hydrogens is 285 g/mol. The van der Waals surface area contributed by atoms with E-state index in [-0.39, 0.29) is 6.07 Å². The van der Waals surface area contributed by atoms with Gasteiger partial charge in [-0.15, -0.1) is 11.6 Å². The number of alkyl halides is 6. The highest BCUT2D eigenvalue weighted by atomic mass is 35.5. The number of nitrogens with zero attached hydrogens (tertiary/aromatic N) is 1. The van der Waals surface area contributed by atoms with Crippen molar-refractivity contribution in [1.29, 1.82) is 0 Å². The summed E-state index contributed by atoms with van der Waals surface area (Å²) >= 11 is 5.19. The van der Waals surface area contributed by atoms with E-state index in [0.29, 0.717) is 0 Å². The van der Waals surface area contributed by atoms with E-state index in [9.17, 15) is 26.7 Å². The second-order valence-electron chi connectivity index (χ2n) is 3.15. The van der Waals surface area contributed by atoms with Gasteiger partial charge in [0.1, 0.15) is 5.69 Å². The van der Waals surface area contributed by atoms with Crippen LogP contribution in [0, 0.1) is 0 Å². The van der Waals surface area contributed by atoms with Crippen LogP contribution in [0.4, 0.5) is 22.0 Å². The molecule has 3 nitrogen and oxygen atoms in total. The van der Waals surface area contributed by atoms with Crippen LogP contribution in [0.1, 0.15) is 33.7 Å². The van der Waals surface area contributed by atoms with E-state index in [0.717, 1.165) is 0 Å². The van der Waals surface area contributed by atoms with Gasteiger partial charge in [-0.05, 0) is 6.07 Å². The van der Waals surface area contributed by atoms with Crippen LogP contribution in [0.5, 0.6) is 0 Å². The van der Waals surface area contributed by atoms with E-state index in [1.54, 1.807) is 0 Å². The summed E-state index contributed by atoms with van der Waals surface area (Å²) in [7, 11) is 0. The first-order chi connectivity index (χ1) is 8.18. The van der Waals surface area contributed by atoms with Gasteiger partial charge in [0.2, 0.25) is 0 Å². The Morgan fingerprint density at radius 1 is 1.44 bits per heavy atom. The molecule has 0 bridgehead atoms. The molecule has 100 valence electrons. The first kappa shape index (κ1) is 14.6. The van der Waals surface area contributed by atoms with Gasteiger partial charge in [0, 0.05) is 0 Å². The van der Waals surface area contributed by atoms with Crippen LogP contribution in [0.2, 0.25) is 0 Å². The summed E-state index contributed by atoms with van der Waals surface area (Å²) in [5, 5.41) is 8.59. The molecular formula is C9H5ClF5NO2. The van der Waals surface area contributed by atoms with Crippen LogP contribution in [-0.4, -0.2) is 16.1 Å². The Morgan fingerprint density at radius 2 is 2.00 bits per heavy atom. The number of aromatic carboxylic acids is 1. The molecule has 0 atom stereocenters. The minimum absolute atomic E-state index is 0.120. The molecule has 0 fully saturated rings. The molecule has 0 radical (unpaired) electrons. The summed E-state index contributed by atoms with van der Waals surface area (Å²) in [5.41, 5.74) is -4.68. The zero-order valence-electron chi connectivity index (χ0n) is 8.43. The van der Waals surface area contributed by atoms with Crippen LogP contribution in [-0.2, 0) is 12.1 Å². The Labute approximate surface area is 102 Å². The fourth-order valence-electron chi connectivity index (χ4n) is 1.25. The van der Waals surface area contributed by atoms with Gasteiger partial charge in [0.15, 0.2) is 0 Å². The molecule has 0 aliphatic heterocycles. The highest BCUT2D eigenvalue weighted by Gasteiger charge is 2.36. The summed E-state index contributed by atoms with van der Waals surface area (Å²) in [6.45, 7) is 0. The van der Waals surface area contributed by atoms with E-state index in [1.165, 1.54) is 0 Å². The molecule has 0 aromatic carbocycles. The largest absolute Gasteiger partial charge is 0.478 e. The molecule has 1 rings (SSSR count). The van der Waals surface area contributed by atoms with E-state index < -0.39 is 47.0 Å². The van der Waals surface area contributed by atoms with Crippen molar-refractivity contribution in [2.45, 2.75) is 18.5 Å². The predicted molar refractivity (Wildman–Crippen MR) is 50.7 cm³/mol. The van der Waals surface area contributed by atoms with Crippen molar-refractivity contribution in [2.75, 3.05) is 0 Å². The summed E-state index contributed by atoms with van der Waals surface area (Å²) in [6, 6.07) is 0.120. The second-order valence-corrected chi connectivity index (χ2v) is 3.42. The molecule has 1 N–H and O–H groups in total. The number of carboxylic acids is 1. The third-order valence-corrected chi connectivity index (χ3v) is 2.25. The maximum Gasteiger partial charge on any atom is 0.418 e. The van der Waals surface area contributed by atoms with Gasteiger partial charge in [0.25, 0.3) is 6.43 Å².